The van der Waals surface area contributed by atoms with Gasteiger partial charge < -0.3 is 15.0 Å². The zero-order chi connectivity index (χ0) is 18.4. The Morgan fingerprint density at radius 3 is 2.88 bits per heavy atom. The summed E-state index contributed by atoms with van der Waals surface area (Å²) in [5.74, 6) is 1.26. The lowest BCUT2D eigenvalue weighted by atomic mass is 10.1. The van der Waals surface area contributed by atoms with Gasteiger partial charge in [-0.15, -0.1) is 0 Å². The molecule has 3 rings (SSSR count). The number of ether oxygens (including phenoxy) is 1. The first kappa shape index (κ1) is 18.6. The van der Waals surface area contributed by atoms with Crippen molar-refractivity contribution < 1.29 is 9.53 Å². The van der Waals surface area contributed by atoms with E-state index >= 15 is 0 Å². The first-order chi connectivity index (χ1) is 12.7. The summed E-state index contributed by atoms with van der Waals surface area (Å²) >= 11 is 3.32. The molecule has 1 aromatic heterocycles. The number of amides is 1. The minimum absolute atomic E-state index is 0.0257. The topological polar surface area (TPSA) is 67.3 Å². The molecule has 1 aliphatic rings. The van der Waals surface area contributed by atoms with Gasteiger partial charge in [-0.3, -0.25) is 4.79 Å². The first-order valence-corrected chi connectivity index (χ1v) is 9.72. The van der Waals surface area contributed by atoms with E-state index in [9.17, 15) is 4.79 Å². The zero-order valence-corrected chi connectivity index (χ0v) is 16.4. The van der Waals surface area contributed by atoms with Crippen molar-refractivity contribution in [3.8, 4) is 5.75 Å². The average molecular weight is 419 g/mol. The number of para-hydroxylation sites is 1. The smallest absolute Gasteiger partial charge is 0.257 e. The molecule has 2 aromatic rings. The molecule has 1 N–H and O–H groups in total. The van der Waals surface area contributed by atoms with E-state index < -0.39 is 0 Å². The van der Waals surface area contributed by atoms with E-state index in [1.807, 2.05) is 29.2 Å². The number of aromatic nitrogens is 2. The van der Waals surface area contributed by atoms with Crippen molar-refractivity contribution in [2.75, 3.05) is 25.0 Å². The summed E-state index contributed by atoms with van der Waals surface area (Å²) in [6.07, 6.45) is 6.28. The van der Waals surface area contributed by atoms with Gasteiger partial charge in [-0.2, -0.15) is 0 Å². The highest BCUT2D eigenvalue weighted by Crippen LogP contribution is 2.25. The second-order valence-corrected chi connectivity index (χ2v) is 7.16. The Labute approximate surface area is 162 Å². The number of hydrogen-bond acceptors (Lipinski definition) is 5. The lowest BCUT2D eigenvalue weighted by molar-refractivity contribution is 0.0739. The van der Waals surface area contributed by atoms with E-state index in [0.717, 1.165) is 30.3 Å². The van der Waals surface area contributed by atoms with Crippen LogP contribution in [-0.4, -0.2) is 46.5 Å². The van der Waals surface area contributed by atoms with Gasteiger partial charge in [-0.25, -0.2) is 9.97 Å². The van der Waals surface area contributed by atoms with Crippen LogP contribution in [0.3, 0.4) is 0 Å². The van der Waals surface area contributed by atoms with Crippen LogP contribution in [-0.2, 0) is 0 Å². The second kappa shape index (κ2) is 8.98. The van der Waals surface area contributed by atoms with Crippen LogP contribution >= 0.6 is 15.9 Å². The average Bonchev–Trinajstić information content (AvgIpc) is 3.14. The molecule has 0 bridgehead atoms. The Hall–Kier alpha value is -2.15. The van der Waals surface area contributed by atoms with Crippen molar-refractivity contribution >= 4 is 27.8 Å². The normalized spacial score (nSPS) is 16.5. The summed E-state index contributed by atoms with van der Waals surface area (Å²) in [4.78, 5) is 23.5. The lowest BCUT2D eigenvalue weighted by Gasteiger charge is -2.26. The number of likely N-dealkylation sites (tertiary alicyclic amines) is 1. The number of halogens is 1. The second-order valence-electron chi connectivity index (χ2n) is 6.25. The van der Waals surface area contributed by atoms with E-state index in [4.69, 9.17) is 4.74 Å². The molecule has 138 valence electrons. The van der Waals surface area contributed by atoms with Crippen LogP contribution in [0.1, 0.15) is 36.5 Å². The summed E-state index contributed by atoms with van der Waals surface area (Å²) in [5, 5.41) is 3.23. The lowest BCUT2D eigenvalue weighted by Crippen LogP contribution is -2.39. The van der Waals surface area contributed by atoms with Crippen molar-refractivity contribution in [3.63, 3.8) is 0 Å². The Morgan fingerprint density at radius 2 is 2.12 bits per heavy atom. The largest absolute Gasteiger partial charge is 0.493 e. The molecule has 1 unspecified atom stereocenters. The summed E-state index contributed by atoms with van der Waals surface area (Å²) in [7, 11) is 0. The van der Waals surface area contributed by atoms with Crippen LogP contribution in [0.15, 0.2) is 41.1 Å². The monoisotopic (exact) mass is 418 g/mol. The molecular weight excluding hydrogens is 396 g/mol. The van der Waals surface area contributed by atoms with Crippen LogP contribution in [0.5, 0.6) is 5.75 Å². The molecule has 1 saturated heterocycles. The van der Waals surface area contributed by atoms with Gasteiger partial charge in [0.2, 0.25) is 5.95 Å². The zero-order valence-electron chi connectivity index (χ0n) is 14.8. The van der Waals surface area contributed by atoms with E-state index in [1.54, 1.807) is 12.4 Å². The molecule has 1 fully saturated rings. The summed E-state index contributed by atoms with van der Waals surface area (Å²) in [6, 6.07) is 7.60. The third kappa shape index (κ3) is 4.52. The minimum Gasteiger partial charge on any atom is -0.493 e. The van der Waals surface area contributed by atoms with E-state index in [2.05, 4.69) is 38.1 Å². The van der Waals surface area contributed by atoms with E-state index in [0.29, 0.717) is 30.4 Å². The highest BCUT2D eigenvalue weighted by atomic mass is 79.9. The maximum Gasteiger partial charge on any atom is 0.257 e. The third-order valence-corrected chi connectivity index (χ3v) is 4.74. The molecule has 1 aromatic carbocycles. The number of nitrogens with one attached hydrogen (secondary N) is 1. The number of carbonyl (C=O) groups excluding carboxylic acids is 1. The van der Waals surface area contributed by atoms with Crippen LogP contribution in [0.4, 0.5) is 5.95 Å². The summed E-state index contributed by atoms with van der Waals surface area (Å²) in [5.41, 5.74) is 0.632. The van der Waals surface area contributed by atoms with Gasteiger partial charge in [0.25, 0.3) is 5.91 Å². The van der Waals surface area contributed by atoms with Gasteiger partial charge in [-0.1, -0.05) is 19.1 Å². The Morgan fingerprint density at radius 1 is 1.35 bits per heavy atom. The number of hydrogen-bond donors (Lipinski definition) is 1. The molecule has 2 heterocycles. The molecule has 0 spiro atoms. The predicted octanol–water partition coefficient (Wildman–Crippen LogP) is 3.74. The predicted molar refractivity (Wildman–Crippen MR) is 105 cm³/mol. The Bertz CT molecular complexity index is 739. The van der Waals surface area contributed by atoms with E-state index in [1.165, 1.54) is 0 Å². The Balaban J connectivity index is 1.67. The van der Waals surface area contributed by atoms with Gasteiger partial charge >= 0.3 is 0 Å². The quantitative estimate of drug-likeness (QED) is 0.741. The van der Waals surface area contributed by atoms with Crippen molar-refractivity contribution in [2.24, 2.45) is 0 Å². The maximum absolute atomic E-state index is 13.1. The van der Waals surface area contributed by atoms with Crippen molar-refractivity contribution in [1.29, 1.82) is 0 Å². The fourth-order valence-corrected chi connectivity index (χ4v) is 3.27. The van der Waals surface area contributed by atoms with Gasteiger partial charge in [-0.05, 0) is 47.3 Å². The fourth-order valence-electron chi connectivity index (χ4n) is 3.06. The maximum atomic E-state index is 13.1. The van der Waals surface area contributed by atoms with Gasteiger partial charge in [0.15, 0.2) is 0 Å². The number of anilines is 1. The number of carbonyl (C=O) groups is 1. The molecule has 0 aliphatic carbocycles. The van der Waals surface area contributed by atoms with Gasteiger partial charge in [0.05, 0.1) is 16.6 Å². The molecule has 26 heavy (non-hydrogen) atoms. The molecular formula is C19H23BrN4O2. The summed E-state index contributed by atoms with van der Waals surface area (Å²) in [6.45, 7) is 4.05. The SMILES string of the molecule is CCCOc1ccccc1C(=O)N1CCCC1CNc1ncc(Br)cn1. The number of nitrogens with zero attached hydrogens (tertiary/aromatic N) is 3. The van der Waals surface area contributed by atoms with Crippen LogP contribution in [0, 0.1) is 0 Å². The molecule has 7 heteroatoms. The van der Waals surface area contributed by atoms with Crippen LogP contribution in [0.25, 0.3) is 0 Å². The minimum atomic E-state index is 0.0257. The molecule has 0 saturated carbocycles. The van der Waals surface area contributed by atoms with Crippen molar-refractivity contribution in [3.05, 3.63) is 46.7 Å². The van der Waals surface area contributed by atoms with Crippen LogP contribution < -0.4 is 10.1 Å². The summed E-state index contributed by atoms with van der Waals surface area (Å²) < 4.78 is 6.59. The molecule has 1 atom stereocenters. The fraction of sp³-hybridized carbons (Fsp3) is 0.421. The van der Waals surface area contributed by atoms with Gasteiger partial charge in [0.1, 0.15) is 5.75 Å². The molecule has 0 radical (unpaired) electrons. The highest BCUT2D eigenvalue weighted by Gasteiger charge is 2.30. The van der Waals surface area contributed by atoms with Crippen LogP contribution in [0.2, 0.25) is 0 Å². The standard InChI is InChI=1S/C19H23BrN4O2/c1-2-10-26-17-8-4-3-7-16(17)18(25)24-9-5-6-15(24)13-23-19-21-11-14(20)12-22-19/h3-4,7-8,11-12,15H,2,5-6,9-10,13H2,1H3,(H,21,22,23). The number of benzene rings is 1. The first-order valence-electron chi connectivity index (χ1n) is 8.93. The third-order valence-electron chi connectivity index (χ3n) is 4.33. The molecule has 1 amide bonds. The molecule has 6 nitrogen and oxygen atoms in total. The molecule has 1 aliphatic heterocycles. The number of rotatable bonds is 7. The van der Waals surface area contributed by atoms with Crippen molar-refractivity contribution in [1.82, 2.24) is 14.9 Å². The highest BCUT2D eigenvalue weighted by molar-refractivity contribution is 9.10. The van der Waals surface area contributed by atoms with Crippen molar-refractivity contribution in [2.45, 2.75) is 32.2 Å². The Kier molecular flexibility index (Phi) is 6.44. The van der Waals surface area contributed by atoms with E-state index in [-0.39, 0.29) is 11.9 Å². The van der Waals surface area contributed by atoms with Gasteiger partial charge in [0, 0.05) is 31.5 Å².